The second kappa shape index (κ2) is 7.38. The van der Waals surface area contributed by atoms with E-state index >= 15 is 0 Å². The first-order valence-corrected chi connectivity index (χ1v) is 6.03. The van der Waals surface area contributed by atoms with Crippen molar-refractivity contribution in [3.8, 4) is 5.75 Å². The third kappa shape index (κ3) is 5.39. The predicted octanol–water partition coefficient (Wildman–Crippen LogP) is 0.487. The molecule has 0 aliphatic carbocycles. The van der Waals surface area contributed by atoms with E-state index < -0.39 is 6.04 Å². The van der Waals surface area contributed by atoms with Crippen LogP contribution in [0.2, 0.25) is 0 Å². The van der Waals surface area contributed by atoms with Gasteiger partial charge in [0.25, 0.3) is 0 Å². The topological polar surface area (TPSA) is 93.5 Å². The van der Waals surface area contributed by atoms with E-state index in [1.807, 2.05) is 0 Å². The number of nitrogens with two attached hydrogens (primary N) is 1. The number of hydrogen-bond donors (Lipinski definition) is 3. The molecular weight excluding hydrogens is 246 g/mol. The zero-order chi connectivity index (χ0) is 14.3. The van der Waals surface area contributed by atoms with Crippen LogP contribution < -0.4 is 21.1 Å². The predicted molar refractivity (Wildman–Crippen MR) is 72.9 cm³/mol. The van der Waals surface area contributed by atoms with Crippen molar-refractivity contribution in [3.05, 3.63) is 24.3 Å². The first-order chi connectivity index (χ1) is 9.02. The molecule has 0 aliphatic heterocycles. The molecule has 2 amide bonds. The van der Waals surface area contributed by atoms with E-state index in [-0.39, 0.29) is 11.8 Å². The van der Waals surface area contributed by atoms with Gasteiger partial charge in [-0.1, -0.05) is 0 Å². The van der Waals surface area contributed by atoms with Crippen molar-refractivity contribution in [1.82, 2.24) is 5.32 Å². The molecule has 4 N–H and O–H groups in total. The average molecular weight is 265 g/mol. The van der Waals surface area contributed by atoms with Gasteiger partial charge in [0, 0.05) is 12.7 Å². The van der Waals surface area contributed by atoms with E-state index in [1.54, 1.807) is 38.2 Å². The molecule has 104 valence electrons. The number of carbonyl (C=O) groups excluding carboxylic acids is 2. The highest BCUT2D eigenvalue weighted by Crippen LogP contribution is 2.15. The molecule has 0 heterocycles. The lowest BCUT2D eigenvalue weighted by Crippen LogP contribution is -2.32. The van der Waals surface area contributed by atoms with Gasteiger partial charge in [0.2, 0.25) is 11.8 Å². The maximum Gasteiger partial charge on any atom is 0.240 e. The lowest BCUT2D eigenvalue weighted by atomic mass is 10.2. The summed E-state index contributed by atoms with van der Waals surface area (Å²) in [7, 11) is 1.58. The highest BCUT2D eigenvalue weighted by Gasteiger charge is 2.07. The summed E-state index contributed by atoms with van der Waals surface area (Å²) in [5.41, 5.74) is 6.10. The van der Waals surface area contributed by atoms with Crippen LogP contribution in [0.3, 0.4) is 0 Å². The molecule has 0 fully saturated rings. The van der Waals surface area contributed by atoms with Crippen LogP contribution >= 0.6 is 0 Å². The Labute approximate surface area is 112 Å². The molecule has 19 heavy (non-hydrogen) atoms. The van der Waals surface area contributed by atoms with Gasteiger partial charge in [0.15, 0.2) is 0 Å². The minimum atomic E-state index is -0.552. The summed E-state index contributed by atoms with van der Waals surface area (Å²) in [5, 5.41) is 5.18. The molecule has 0 saturated heterocycles. The molecule has 1 aromatic carbocycles. The van der Waals surface area contributed by atoms with Crippen LogP contribution in [0.1, 0.15) is 13.3 Å². The Balaban J connectivity index is 2.43. The number of rotatable bonds is 6. The van der Waals surface area contributed by atoms with Gasteiger partial charge in [0.05, 0.1) is 19.1 Å². The van der Waals surface area contributed by atoms with Gasteiger partial charge in [-0.25, -0.2) is 0 Å². The van der Waals surface area contributed by atoms with Crippen molar-refractivity contribution in [2.75, 3.05) is 19.0 Å². The molecule has 1 rings (SSSR count). The van der Waals surface area contributed by atoms with Crippen molar-refractivity contribution in [2.45, 2.75) is 19.4 Å². The molecule has 0 spiro atoms. The van der Waals surface area contributed by atoms with Gasteiger partial charge in [-0.2, -0.15) is 0 Å². The summed E-state index contributed by atoms with van der Waals surface area (Å²) >= 11 is 0. The van der Waals surface area contributed by atoms with E-state index in [1.165, 1.54) is 0 Å². The van der Waals surface area contributed by atoms with Crippen LogP contribution in [0.25, 0.3) is 0 Å². The number of hydrogen-bond acceptors (Lipinski definition) is 4. The lowest BCUT2D eigenvalue weighted by molar-refractivity contribution is -0.121. The number of amides is 2. The standard InChI is InChI=1S/C13H19N3O3/c1-9(14)13(18)16-10-3-5-11(6-4-10)19-8-7-12(17)15-2/h3-6,9H,7-8,14H2,1-2H3,(H,15,17)(H,16,18)/t9-/m0/s1. The normalized spacial score (nSPS) is 11.5. The van der Waals surface area contributed by atoms with Crippen molar-refractivity contribution >= 4 is 17.5 Å². The lowest BCUT2D eigenvalue weighted by Gasteiger charge is -2.09. The zero-order valence-corrected chi connectivity index (χ0v) is 11.1. The molecule has 1 atom stereocenters. The molecule has 0 aliphatic rings. The van der Waals surface area contributed by atoms with E-state index in [0.29, 0.717) is 24.5 Å². The van der Waals surface area contributed by atoms with Crippen LogP contribution in [0.5, 0.6) is 5.75 Å². The Kier molecular flexibility index (Phi) is 5.81. The minimum absolute atomic E-state index is 0.0687. The maximum absolute atomic E-state index is 11.4. The molecule has 0 radical (unpaired) electrons. The largest absolute Gasteiger partial charge is 0.493 e. The van der Waals surface area contributed by atoms with Crippen LogP contribution in [0, 0.1) is 0 Å². The van der Waals surface area contributed by atoms with Crippen molar-refractivity contribution < 1.29 is 14.3 Å². The number of nitrogens with one attached hydrogen (secondary N) is 2. The third-order valence-electron chi connectivity index (χ3n) is 2.41. The van der Waals surface area contributed by atoms with E-state index in [2.05, 4.69) is 10.6 Å². The maximum atomic E-state index is 11.4. The molecular formula is C13H19N3O3. The Morgan fingerprint density at radius 3 is 2.47 bits per heavy atom. The number of carbonyl (C=O) groups is 2. The first kappa shape index (κ1) is 15.0. The summed E-state index contributed by atoms with van der Waals surface area (Å²) in [5.74, 6) is 0.330. The smallest absolute Gasteiger partial charge is 0.240 e. The highest BCUT2D eigenvalue weighted by molar-refractivity contribution is 5.94. The Bertz CT molecular complexity index is 429. The summed E-state index contributed by atoms with van der Waals surface area (Å²) in [4.78, 5) is 22.4. The molecule has 0 bridgehead atoms. The van der Waals surface area contributed by atoms with E-state index in [4.69, 9.17) is 10.5 Å². The SMILES string of the molecule is CNC(=O)CCOc1ccc(NC(=O)[C@H](C)N)cc1. The van der Waals surface area contributed by atoms with E-state index in [0.717, 1.165) is 0 Å². The fourth-order valence-electron chi connectivity index (χ4n) is 1.28. The van der Waals surface area contributed by atoms with Crippen LogP contribution in [0.15, 0.2) is 24.3 Å². The second-order valence-electron chi connectivity index (χ2n) is 4.07. The molecule has 1 aromatic rings. The van der Waals surface area contributed by atoms with E-state index in [9.17, 15) is 9.59 Å². The fourth-order valence-corrected chi connectivity index (χ4v) is 1.28. The highest BCUT2D eigenvalue weighted by atomic mass is 16.5. The summed E-state index contributed by atoms with van der Waals surface area (Å²) in [6, 6.07) is 6.33. The average Bonchev–Trinajstić information content (AvgIpc) is 2.40. The van der Waals surface area contributed by atoms with Crippen LogP contribution in [-0.4, -0.2) is 31.5 Å². The molecule has 0 saturated carbocycles. The van der Waals surface area contributed by atoms with Crippen molar-refractivity contribution in [3.63, 3.8) is 0 Å². The monoisotopic (exact) mass is 265 g/mol. The van der Waals surface area contributed by atoms with Gasteiger partial charge in [-0.15, -0.1) is 0 Å². The molecule has 6 heteroatoms. The van der Waals surface area contributed by atoms with Gasteiger partial charge >= 0.3 is 0 Å². The van der Waals surface area contributed by atoms with Crippen molar-refractivity contribution in [2.24, 2.45) is 5.73 Å². The van der Waals surface area contributed by atoms with Crippen LogP contribution in [0.4, 0.5) is 5.69 Å². The summed E-state index contributed by atoms with van der Waals surface area (Å²) in [6.07, 6.45) is 0.305. The van der Waals surface area contributed by atoms with Gasteiger partial charge in [0.1, 0.15) is 5.75 Å². The number of benzene rings is 1. The van der Waals surface area contributed by atoms with Crippen LogP contribution in [-0.2, 0) is 9.59 Å². The Morgan fingerprint density at radius 2 is 1.95 bits per heavy atom. The molecule has 6 nitrogen and oxygen atoms in total. The Hall–Kier alpha value is -2.08. The number of ether oxygens (including phenoxy) is 1. The summed E-state index contributed by atoms with van der Waals surface area (Å²) < 4.78 is 5.39. The molecule has 0 aromatic heterocycles. The van der Waals surface area contributed by atoms with Gasteiger partial charge < -0.3 is 21.1 Å². The quantitative estimate of drug-likeness (QED) is 0.697. The van der Waals surface area contributed by atoms with Crippen molar-refractivity contribution in [1.29, 1.82) is 0 Å². The second-order valence-corrected chi connectivity index (χ2v) is 4.07. The zero-order valence-electron chi connectivity index (χ0n) is 11.1. The Morgan fingerprint density at radius 1 is 1.32 bits per heavy atom. The first-order valence-electron chi connectivity index (χ1n) is 6.03. The minimum Gasteiger partial charge on any atom is -0.493 e. The van der Waals surface area contributed by atoms with Gasteiger partial charge in [-0.05, 0) is 31.2 Å². The summed E-state index contributed by atoms with van der Waals surface area (Å²) in [6.45, 7) is 1.93. The number of anilines is 1. The fraction of sp³-hybridized carbons (Fsp3) is 0.385. The molecule has 0 unspecified atom stereocenters. The van der Waals surface area contributed by atoms with Gasteiger partial charge in [-0.3, -0.25) is 9.59 Å². The third-order valence-corrected chi connectivity index (χ3v) is 2.41.